The fourth-order valence-electron chi connectivity index (χ4n) is 1.70. The van der Waals surface area contributed by atoms with Gasteiger partial charge in [-0.25, -0.2) is 4.98 Å². The molecule has 2 aromatic rings. The maximum Gasteiger partial charge on any atom is 0.226 e. The quantitative estimate of drug-likeness (QED) is 0.848. The Morgan fingerprint density at radius 3 is 2.80 bits per heavy atom. The van der Waals surface area contributed by atoms with Crippen molar-refractivity contribution in [2.75, 3.05) is 11.9 Å². The molecule has 0 aliphatic carbocycles. The summed E-state index contributed by atoms with van der Waals surface area (Å²) < 4.78 is 6.77. The number of halogens is 1. The van der Waals surface area contributed by atoms with Crippen LogP contribution in [-0.4, -0.2) is 22.6 Å². The van der Waals surface area contributed by atoms with Gasteiger partial charge in [-0.3, -0.25) is 0 Å². The summed E-state index contributed by atoms with van der Waals surface area (Å²) in [6, 6.07) is 6.04. The van der Waals surface area contributed by atoms with E-state index in [0.717, 1.165) is 22.4 Å². The molecule has 108 valence electrons. The third-order valence-corrected chi connectivity index (χ3v) is 4.15. The molecule has 0 radical (unpaired) electrons. The second-order valence-electron chi connectivity index (χ2n) is 4.72. The first kappa shape index (κ1) is 15.3. The van der Waals surface area contributed by atoms with E-state index in [9.17, 15) is 0 Å². The summed E-state index contributed by atoms with van der Waals surface area (Å²) in [6.45, 7) is 6.71. The lowest BCUT2D eigenvalue weighted by Gasteiger charge is -2.11. The Morgan fingerprint density at radius 1 is 1.35 bits per heavy atom. The van der Waals surface area contributed by atoms with Crippen LogP contribution in [0.1, 0.15) is 24.4 Å². The van der Waals surface area contributed by atoms with E-state index in [0.29, 0.717) is 11.8 Å². The van der Waals surface area contributed by atoms with E-state index in [1.165, 1.54) is 4.88 Å². The van der Waals surface area contributed by atoms with Gasteiger partial charge in [-0.05, 0) is 55.3 Å². The van der Waals surface area contributed by atoms with Crippen molar-refractivity contribution in [1.29, 1.82) is 0 Å². The van der Waals surface area contributed by atoms with Crippen LogP contribution in [0, 0.1) is 6.92 Å². The molecule has 0 unspecified atom stereocenters. The Labute approximate surface area is 131 Å². The molecule has 0 saturated heterocycles. The summed E-state index contributed by atoms with van der Waals surface area (Å²) in [6.07, 6.45) is 1.06. The number of nitrogens with zero attached hydrogens (tertiary/aromatic N) is 2. The summed E-state index contributed by atoms with van der Waals surface area (Å²) in [5.41, 5.74) is 0.900. The number of rotatable bonds is 6. The molecule has 0 aliphatic heterocycles. The van der Waals surface area contributed by atoms with Crippen LogP contribution in [0.2, 0.25) is 0 Å². The number of nitrogens with one attached hydrogen (secondary N) is 1. The van der Waals surface area contributed by atoms with Crippen molar-refractivity contribution in [1.82, 2.24) is 9.97 Å². The molecule has 0 aliphatic rings. The van der Waals surface area contributed by atoms with Crippen LogP contribution >= 0.6 is 27.3 Å². The Hall–Kier alpha value is -1.14. The van der Waals surface area contributed by atoms with Crippen LogP contribution in [-0.2, 0) is 6.42 Å². The first-order valence-corrected chi connectivity index (χ1v) is 8.14. The van der Waals surface area contributed by atoms with Crippen molar-refractivity contribution in [2.24, 2.45) is 0 Å². The fraction of sp³-hybridized carbons (Fsp3) is 0.429. The number of ether oxygens (including phenoxy) is 1. The summed E-state index contributed by atoms with van der Waals surface area (Å²) in [7, 11) is 0. The monoisotopic (exact) mass is 355 g/mol. The van der Waals surface area contributed by atoms with E-state index in [4.69, 9.17) is 4.74 Å². The molecule has 0 amide bonds. The highest BCUT2D eigenvalue weighted by molar-refractivity contribution is 9.11. The largest absolute Gasteiger partial charge is 0.475 e. The van der Waals surface area contributed by atoms with Gasteiger partial charge in [0, 0.05) is 23.2 Å². The third-order valence-electron chi connectivity index (χ3n) is 2.47. The molecule has 6 heteroatoms. The van der Waals surface area contributed by atoms with Crippen LogP contribution in [0.3, 0.4) is 0 Å². The van der Waals surface area contributed by atoms with Gasteiger partial charge in [-0.1, -0.05) is 0 Å². The zero-order valence-corrected chi connectivity index (χ0v) is 14.2. The van der Waals surface area contributed by atoms with Crippen molar-refractivity contribution < 1.29 is 4.74 Å². The van der Waals surface area contributed by atoms with Gasteiger partial charge in [0.2, 0.25) is 11.8 Å². The molecule has 0 bridgehead atoms. The predicted molar refractivity (Wildman–Crippen MR) is 86.7 cm³/mol. The Kier molecular flexibility index (Phi) is 5.37. The van der Waals surface area contributed by atoms with E-state index < -0.39 is 0 Å². The minimum absolute atomic E-state index is 0.112. The SMILES string of the molecule is Cc1cc(OC(C)C)nc(NCCc2ccc(Br)s2)n1. The number of thiophene rings is 1. The van der Waals surface area contributed by atoms with Crippen LogP contribution < -0.4 is 10.1 Å². The van der Waals surface area contributed by atoms with Gasteiger partial charge in [-0.15, -0.1) is 11.3 Å². The molecular weight excluding hydrogens is 338 g/mol. The standard InChI is InChI=1S/C14H18BrN3OS/c1-9(2)19-13-8-10(3)17-14(18-13)16-7-6-11-4-5-12(15)20-11/h4-5,8-9H,6-7H2,1-3H3,(H,16,17,18). The molecule has 1 N–H and O–H groups in total. The Balaban J connectivity index is 1.93. The molecule has 2 rings (SSSR count). The van der Waals surface area contributed by atoms with Crippen molar-refractivity contribution in [2.45, 2.75) is 33.3 Å². The van der Waals surface area contributed by atoms with Crippen molar-refractivity contribution in [3.63, 3.8) is 0 Å². The van der Waals surface area contributed by atoms with Gasteiger partial charge in [0.25, 0.3) is 0 Å². The third kappa shape index (κ3) is 4.76. The zero-order valence-electron chi connectivity index (χ0n) is 11.8. The second-order valence-corrected chi connectivity index (χ2v) is 7.27. The molecule has 0 spiro atoms. The molecule has 20 heavy (non-hydrogen) atoms. The summed E-state index contributed by atoms with van der Waals surface area (Å²) in [5.74, 6) is 1.24. The van der Waals surface area contributed by atoms with Gasteiger partial charge in [0.05, 0.1) is 9.89 Å². The van der Waals surface area contributed by atoms with Gasteiger partial charge < -0.3 is 10.1 Å². The highest BCUT2D eigenvalue weighted by Crippen LogP contribution is 2.22. The highest BCUT2D eigenvalue weighted by Gasteiger charge is 2.05. The molecule has 4 nitrogen and oxygen atoms in total. The smallest absolute Gasteiger partial charge is 0.226 e. The Bertz CT molecular complexity index is 571. The maximum atomic E-state index is 5.61. The average Bonchev–Trinajstić information content (AvgIpc) is 2.73. The molecule has 0 atom stereocenters. The van der Waals surface area contributed by atoms with Crippen LogP contribution in [0.4, 0.5) is 5.95 Å². The summed E-state index contributed by atoms with van der Waals surface area (Å²) in [5, 5.41) is 3.25. The molecule has 0 saturated carbocycles. The van der Waals surface area contributed by atoms with E-state index in [-0.39, 0.29) is 6.10 Å². The first-order chi connectivity index (χ1) is 9.52. The lowest BCUT2D eigenvalue weighted by Crippen LogP contribution is -2.11. The minimum atomic E-state index is 0.112. The normalized spacial score (nSPS) is 10.8. The van der Waals surface area contributed by atoms with Gasteiger partial charge in [-0.2, -0.15) is 4.98 Å². The summed E-state index contributed by atoms with van der Waals surface area (Å²) in [4.78, 5) is 10.1. The average molecular weight is 356 g/mol. The maximum absolute atomic E-state index is 5.61. The van der Waals surface area contributed by atoms with Gasteiger partial charge in [0.15, 0.2) is 0 Å². The van der Waals surface area contributed by atoms with Crippen molar-refractivity contribution in [3.8, 4) is 5.88 Å². The Morgan fingerprint density at radius 2 is 2.15 bits per heavy atom. The number of hydrogen-bond acceptors (Lipinski definition) is 5. The number of aromatic nitrogens is 2. The topological polar surface area (TPSA) is 47.0 Å². The van der Waals surface area contributed by atoms with Crippen LogP contribution in [0.25, 0.3) is 0 Å². The summed E-state index contributed by atoms with van der Waals surface area (Å²) >= 11 is 5.22. The van der Waals surface area contributed by atoms with E-state index >= 15 is 0 Å². The van der Waals surface area contributed by atoms with Gasteiger partial charge >= 0.3 is 0 Å². The zero-order chi connectivity index (χ0) is 14.5. The molecular formula is C14H18BrN3OS. The minimum Gasteiger partial charge on any atom is -0.475 e. The van der Waals surface area contributed by atoms with E-state index in [2.05, 4.69) is 43.3 Å². The number of hydrogen-bond donors (Lipinski definition) is 1. The highest BCUT2D eigenvalue weighted by atomic mass is 79.9. The molecule has 2 heterocycles. The fourth-order valence-corrected chi connectivity index (χ4v) is 3.19. The van der Waals surface area contributed by atoms with Gasteiger partial charge in [0.1, 0.15) is 0 Å². The molecule has 2 aromatic heterocycles. The second kappa shape index (κ2) is 7.04. The predicted octanol–water partition coefficient (Wildman–Crippen LogP) is 4.05. The van der Waals surface area contributed by atoms with Crippen molar-refractivity contribution >= 4 is 33.2 Å². The van der Waals surface area contributed by atoms with Crippen LogP contribution in [0.5, 0.6) is 5.88 Å². The van der Waals surface area contributed by atoms with E-state index in [1.807, 2.05) is 26.8 Å². The molecule has 0 aromatic carbocycles. The lowest BCUT2D eigenvalue weighted by molar-refractivity contribution is 0.232. The first-order valence-electron chi connectivity index (χ1n) is 6.53. The number of aryl methyl sites for hydroxylation is 1. The molecule has 0 fully saturated rings. The number of anilines is 1. The van der Waals surface area contributed by atoms with Crippen LogP contribution in [0.15, 0.2) is 22.0 Å². The van der Waals surface area contributed by atoms with Crippen molar-refractivity contribution in [3.05, 3.63) is 32.6 Å². The van der Waals surface area contributed by atoms with E-state index in [1.54, 1.807) is 11.3 Å². The lowest BCUT2D eigenvalue weighted by atomic mass is 10.3.